The summed E-state index contributed by atoms with van der Waals surface area (Å²) in [5.41, 5.74) is 7.58. The normalized spacial score (nSPS) is 21.7. The lowest BCUT2D eigenvalue weighted by molar-refractivity contribution is 0.149. The molecule has 100 valence electrons. The number of benzene rings is 1. The van der Waals surface area contributed by atoms with Crippen molar-refractivity contribution < 1.29 is 0 Å². The van der Waals surface area contributed by atoms with Crippen LogP contribution >= 0.6 is 11.8 Å². The van der Waals surface area contributed by atoms with Gasteiger partial charge in [0.05, 0.1) is 0 Å². The summed E-state index contributed by atoms with van der Waals surface area (Å²) < 4.78 is 0. The van der Waals surface area contributed by atoms with Crippen molar-refractivity contribution in [2.75, 3.05) is 19.3 Å². The Morgan fingerprint density at radius 3 is 2.33 bits per heavy atom. The molecule has 2 unspecified atom stereocenters. The molecule has 3 heteroatoms. The van der Waals surface area contributed by atoms with Crippen molar-refractivity contribution in [3.63, 3.8) is 0 Å². The molecule has 2 rings (SSSR count). The largest absolute Gasteiger partial charge is 0.326 e. The first-order chi connectivity index (χ1) is 8.72. The Bertz CT molecular complexity index is 345. The first-order valence-electron chi connectivity index (χ1n) is 6.79. The van der Waals surface area contributed by atoms with Crippen LogP contribution in [0.1, 0.15) is 31.4 Å². The van der Waals surface area contributed by atoms with E-state index < -0.39 is 0 Å². The highest BCUT2D eigenvalue weighted by Gasteiger charge is 2.27. The molecule has 2 nitrogen and oxygen atoms in total. The number of likely N-dealkylation sites (tertiary alicyclic amines) is 1. The summed E-state index contributed by atoms with van der Waals surface area (Å²) in [6, 6.07) is 11.2. The summed E-state index contributed by atoms with van der Waals surface area (Å²) in [7, 11) is 0. The first kappa shape index (κ1) is 13.9. The van der Waals surface area contributed by atoms with Gasteiger partial charge >= 0.3 is 0 Å². The van der Waals surface area contributed by atoms with Crippen molar-refractivity contribution in [1.82, 2.24) is 4.90 Å². The zero-order valence-corrected chi connectivity index (χ0v) is 12.2. The maximum atomic E-state index is 6.22. The molecule has 1 aliphatic heterocycles. The molecule has 1 saturated heterocycles. The molecular weight excluding hydrogens is 240 g/mol. The van der Waals surface area contributed by atoms with Crippen LogP contribution in [0.3, 0.4) is 0 Å². The van der Waals surface area contributed by atoms with E-state index in [1.165, 1.54) is 31.5 Å². The van der Waals surface area contributed by atoms with Gasteiger partial charge in [-0.25, -0.2) is 0 Å². The van der Waals surface area contributed by atoms with Crippen LogP contribution in [-0.4, -0.2) is 35.5 Å². The molecule has 2 N–H and O–H groups in total. The summed E-state index contributed by atoms with van der Waals surface area (Å²) in [5.74, 6) is 0. The molecule has 0 radical (unpaired) electrons. The third kappa shape index (κ3) is 3.28. The van der Waals surface area contributed by atoms with E-state index in [2.05, 4.69) is 48.4 Å². The van der Waals surface area contributed by atoms with E-state index >= 15 is 0 Å². The number of nitrogens with two attached hydrogens (primary N) is 1. The average molecular weight is 264 g/mol. The van der Waals surface area contributed by atoms with E-state index in [4.69, 9.17) is 5.73 Å². The van der Waals surface area contributed by atoms with Crippen LogP contribution in [0.2, 0.25) is 0 Å². The molecule has 0 amide bonds. The topological polar surface area (TPSA) is 29.3 Å². The number of thioether (sulfide) groups is 1. The average Bonchev–Trinajstić information content (AvgIpc) is 2.40. The van der Waals surface area contributed by atoms with Crippen LogP contribution in [0.4, 0.5) is 0 Å². The Morgan fingerprint density at radius 2 is 1.83 bits per heavy atom. The van der Waals surface area contributed by atoms with Gasteiger partial charge in [-0.15, -0.1) is 0 Å². The highest BCUT2D eigenvalue weighted by molar-refractivity contribution is 7.99. The highest BCUT2D eigenvalue weighted by Crippen LogP contribution is 2.29. The summed E-state index contributed by atoms with van der Waals surface area (Å²) >= 11 is 2.01. The van der Waals surface area contributed by atoms with Crippen LogP contribution in [0.25, 0.3) is 0 Å². The van der Waals surface area contributed by atoms with E-state index in [-0.39, 0.29) is 6.04 Å². The smallest absolute Gasteiger partial charge is 0.0496 e. The molecule has 18 heavy (non-hydrogen) atoms. The van der Waals surface area contributed by atoms with Gasteiger partial charge in [0.2, 0.25) is 0 Å². The van der Waals surface area contributed by atoms with E-state index in [9.17, 15) is 0 Å². The van der Waals surface area contributed by atoms with Crippen LogP contribution in [0.15, 0.2) is 30.3 Å². The third-order valence-corrected chi connectivity index (χ3v) is 4.98. The van der Waals surface area contributed by atoms with Gasteiger partial charge in [0, 0.05) is 17.3 Å². The molecule has 0 saturated carbocycles. The molecule has 2 atom stereocenters. The molecule has 1 aliphatic rings. The number of piperidine rings is 1. The Kier molecular flexibility index (Phi) is 5.10. The Morgan fingerprint density at radius 1 is 1.22 bits per heavy atom. The van der Waals surface area contributed by atoms with Gasteiger partial charge in [-0.05, 0) is 44.7 Å². The van der Waals surface area contributed by atoms with Gasteiger partial charge in [0.15, 0.2) is 0 Å². The molecule has 1 fully saturated rings. The fourth-order valence-corrected chi connectivity index (χ4v) is 3.57. The van der Waals surface area contributed by atoms with E-state index in [1.807, 2.05) is 11.8 Å². The lowest BCUT2D eigenvalue weighted by atomic mass is 9.96. The fraction of sp³-hybridized carbons (Fsp3) is 0.600. The van der Waals surface area contributed by atoms with Gasteiger partial charge < -0.3 is 5.73 Å². The second-order valence-corrected chi connectivity index (χ2v) is 6.32. The van der Waals surface area contributed by atoms with Crippen molar-refractivity contribution in [1.29, 1.82) is 0 Å². The minimum absolute atomic E-state index is 0.179. The maximum absolute atomic E-state index is 6.22. The van der Waals surface area contributed by atoms with E-state index in [0.717, 1.165) is 5.25 Å². The van der Waals surface area contributed by atoms with Gasteiger partial charge in [-0.1, -0.05) is 30.3 Å². The van der Waals surface area contributed by atoms with Crippen LogP contribution < -0.4 is 5.73 Å². The highest BCUT2D eigenvalue weighted by atomic mass is 32.2. The quantitative estimate of drug-likeness (QED) is 0.906. The minimum Gasteiger partial charge on any atom is -0.326 e. The molecule has 1 heterocycles. The summed E-state index contributed by atoms with van der Waals surface area (Å²) in [4.78, 5) is 2.56. The number of rotatable bonds is 4. The van der Waals surface area contributed by atoms with E-state index in [1.54, 1.807) is 0 Å². The third-order valence-electron chi connectivity index (χ3n) is 3.84. The Hall–Kier alpha value is -0.510. The van der Waals surface area contributed by atoms with Gasteiger partial charge in [-0.3, -0.25) is 4.90 Å². The van der Waals surface area contributed by atoms with E-state index in [0.29, 0.717) is 6.04 Å². The summed E-state index contributed by atoms with van der Waals surface area (Å²) in [6.07, 6.45) is 4.80. The molecule has 1 aromatic rings. The second-order valence-electron chi connectivity index (χ2n) is 5.19. The van der Waals surface area contributed by atoms with Gasteiger partial charge in [-0.2, -0.15) is 11.8 Å². The van der Waals surface area contributed by atoms with Gasteiger partial charge in [0.25, 0.3) is 0 Å². The summed E-state index contributed by atoms with van der Waals surface area (Å²) in [6.45, 7) is 4.47. The van der Waals surface area contributed by atoms with Crippen molar-refractivity contribution in [3.05, 3.63) is 35.9 Å². The molecule has 0 aliphatic carbocycles. The van der Waals surface area contributed by atoms with Crippen molar-refractivity contribution in [2.24, 2.45) is 5.73 Å². The minimum atomic E-state index is 0.179. The molecule has 0 aromatic heterocycles. The zero-order valence-electron chi connectivity index (χ0n) is 11.4. The number of hydrogen-bond donors (Lipinski definition) is 1. The SMILES string of the molecule is CSC1CCN(C(c2ccccc2)C(C)N)CC1. The molecular formula is C15H24N2S. The second kappa shape index (κ2) is 6.60. The number of hydrogen-bond acceptors (Lipinski definition) is 3. The predicted molar refractivity (Wildman–Crippen MR) is 80.9 cm³/mol. The molecule has 0 bridgehead atoms. The van der Waals surface area contributed by atoms with Crippen LogP contribution in [0.5, 0.6) is 0 Å². The van der Waals surface area contributed by atoms with Crippen molar-refractivity contribution >= 4 is 11.8 Å². The predicted octanol–water partition coefficient (Wildman–Crippen LogP) is 2.90. The molecule has 0 spiro atoms. The standard InChI is InChI=1S/C15H24N2S/c1-12(16)15(13-6-4-3-5-7-13)17-10-8-14(18-2)9-11-17/h3-7,12,14-15H,8-11,16H2,1-2H3. The van der Waals surface area contributed by atoms with Crippen molar-refractivity contribution in [2.45, 2.75) is 37.1 Å². The monoisotopic (exact) mass is 264 g/mol. The van der Waals surface area contributed by atoms with Gasteiger partial charge in [0.1, 0.15) is 0 Å². The lowest BCUT2D eigenvalue weighted by Crippen LogP contribution is -2.44. The lowest BCUT2D eigenvalue weighted by Gasteiger charge is -2.39. The van der Waals surface area contributed by atoms with Crippen molar-refractivity contribution in [3.8, 4) is 0 Å². The first-order valence-corrected chi connectivity index (χ1v) is 8.08. The van der Waals surface area contributed by atoms with Crippen LogP contribution in [-0.2, 0) is 0 Å². The fourth-order valence-electron chi connectivity index (χ4n) is 2.89. The Labute approximate surface area is 115 Å². The Balaban J connectivity index is 2.08. The number of nitrogens with zero attached hydrogens (tertiary/aromatic N) is 1. The summed E-state index contributed by atoms with van der Waals surface area (Å²) in [5, 5.41) is 0.839. The van der Waals surface area contributed by atoms with Crippen LogP contribution in [0, 0.1) is 0 Å². The zero-order chi connectivity index (χ0) is 13.0. The molecule has 1 aromatic carbocycles. The maximum Gasteiger partial charge on any atom is 0.0496 e.